The third-order valence-electron chi connectivity index (χ3n) is 8.59. The first-order chi connectivity index (χ1) is 22.7. The van der Waals surface area contributed by atoms with Gasteiger partial charge in [0.2, 0.25) is 0 Å². The van der Waals surface area contributed by atoms with Crippen molar-refractivity contribution < 1.29 is 18.9 Å². The minimum Gasteiger partial charge on any atom is -0.488 e. The molecule has 0 aliphatic carbocycles. The largest absolute Gasteiger partial charge is 0.488 e. The van der Waals surface area contributed by atoms with Crippen LogP contribution in [0.15, 0.2) is 0 Å². The van der Waals surface area contributed by atoms with E-state index in [1.165, 1.54) is 103 Å². The van der Waals surface area contributed by atoms with Gasteiger partial charge in [-0.1, -0.05) is 168 Å². The van der Waals surface area contributed by atoms with Gasteiger partial charge in [0, 0.05) is 0 Å². The van der Waals surface area contributed by atoms with Crippen LogP contribution in [0, 0.1) is 24.7 Å². The number of rotatable bonds is 32. The van der Waals surface area contributed by atoms with Crippen LogP contribution in [0.4, 0.5) is 0 Å². The average Bonchev–Trinajstić information content (AvgIpc) is 3.07. The summed E-state index contributed by atoms with van der Waals surface area (Å²) in [5, 5.41) is 0. The molecule has 0 aliphatic heterocycles. The topological polar surface area (TPSA) is 36.9 Å². The SMILES string of the molecule is C#Cc1c(OCCCCCCCC)c(OCCCCCCCC)c(C#C)c(OCCCCCCCC)c1OCCCCCCCC. The molecule has 0 spiro atoms. The van der Waals surface area contributed by atoms with E-state index in [1.54, 1.807) is 0 Å². The molecule has 4 heteroatoms. The highest BCUT2D eigenvalue weighted by Gasteiger charge is 2.28. The quantitative estimate of drug-likeness (QED) is 0.0581. The molecule has 4 nitrogen and oxygen atoms in total. The Morgan fingerprint density at radius 2 is 0.522 bits per heavy atom. The molecule has 0 saturated heterocycles. The van der Waals surface area contributed by atoms with E-state index in [4.69, 9.17) is 31.8 Å². The lowest BCUT2D eigenvalue weighted by Crippen LogP contribution is -2.11. The van der Waals surface area contributed by atoms with Gasteiger partial charge in [-0.05, 0) is 25.7 Å². The Labute approximate surface area is 285 Å². The van der Waals surface area contributed by atoms with Crippen molar-refractivity contribution >= 4 is 0 Å². The van der Waals surface area contributed by atoms with Crippen molar-refractivity contribution in [2.45, 2.75) is 182 Å². The summed E-state index contributed by atoms with van der Waals surface area (Å²) in [7, 11) is 0. The number of hydrogen-bond donors (Lipinski definition) is 0. The van der Waals surface area contributed by atoms with Crippen LogP contribution < -0.4 is 18.9 Å². The Morgan fingerprint density at radius 1 is 0.326 bits per heavy atom. The van der Waals surface area contributed by atoms with E-state index in [0.717, 1.165) is 51.4 Å². The van der Waals surface area contributed by atoms with Gasteiger partial charge < -0.3 is 18.9 Å². The van der Waals surface area contributed by atoms with Crippen LogP contribution in [-0.4, -0.2) is 26.4 Å². The summed E-state index contributed by atoms with van der Waals surface area (Å²) in [5.74, 6) is 7.98. The van der Waals surface area contributed by atoms with Crippen LogP contribution in [0.1, 0.15) is 193 Å². The van der Waals surface area contributed by atoms with Gasteiger partial charge in [0.15, 0.2) is 23.0 Å². The highest BCUT2D eigenvalue weighted by atomic mass is 16.5. The van der Waals surface area contributed by atoms with Crippen molar-refractivity contribution in [3.8, 4) is 47.7 Å². The summed E-state index contributed by atoms with van der Waals surface area (Å²) >= 11 is 0. The second kappa shape index (κ2) is 29.9. The molecule has 46 heavy (non-hydrogen) atoms. The molecule has 0 unspecified atom stereocenters. The van der Waals surface area contributed by atoms with Crippen molar-refractivity contribution in [1.82, 2.24) is 0 Å². The lowest BCUT2D eigenvalue weighted by Gasteiger charge is -2.23. The van der Waals surface area contributed by atoms with E-state index >= 15 is 0 Å². The molecule has 0 fully saturated rings. The van der Waals surface area contributed by atoms with Crippen LogP contribution in [0.3, 0.4) is 0 Å². The molecular weight excluding hydrogens is 568 g/mol. The molecule has 0 aliphatic rings. The normalized spacial score (nSPS) is 10.8. The molecule has 0 amide bonds. The lowest BCUT2D eigenvalue weighted by molar-refractivity contribution is 0.237. The molecule has 0 saturated carbocycles. The van der Waals surface area contributed by atoms with Crippen molar-refractivity contribution in [2.24, 2.45) is 0 Å². The van der Waals surface area contributed by atoms with Crippen LogP contribution in [-0.2, 0) is 0 Å². The van der Waals surface area contributed by atoms with Gasteiger partial charge in [-0.25, -0.2) is 0 Å². The monoisotopic (exact) mass is 639 g/mol. The maximum atomic E-state index is 6.47. The first-order valence-corrected chi connectivity index (χ1v) is 19.4. The number of hydrogen-bond acceptors (Lipinski definition) is 4. The van der Waals surface area contributed by atoms with Gasteiger partial charge in [0.25, 0.3) is 0 Å². The zero-order valence-electron chi connectivity index (χ0n) is 30.6. The fraction of sp³-hybridized carbons (Fsp3) is 0.762. The summed E-state index contributed by atoms with van der Waals surface area (Å²) < 4.78 is 25.9. The molecule has 0 aromatic heterocycles. The first-order valence-electron chi connectivity index (χ1n) is 19.4. The minimum absolute atomic E-state index is 0.542. The molecule has 1 aromatic carbocycles. The fourth-order valence-electron chi connectivity index (χ4n) is 5.70. The highest BCUT2D eigenvalue weighted by molar-refractivity contribution is 5.74. The number of benzene rings is 1. The van der Waals surface area contributed by atoms with Crippen molar-refractivity contribution in [2.75, 3.05) is 26.4 Å². The van der Waals surface area contributed by atoms with Crippen LogP contribution >= 0.6 is 0 Å². The maximum absolute atomic E-state index is 6.47. The van der Waals surface area contributed by atoms with Crippen LogP contribution in [0.5, 0.6) is 23.0 Å². The fourth-order valence-corrected chi connectivity index (χ4v) is 5.70. The van der Waals surface area contributed by atoms with E-state index in [0.29, 0.717) is 60.6 Å². The summed E-state index contributed by atoms with van der Waals surface area (Å²) in [6.45, 7) is 11.2. The van der Waals surface area contributed by atoms with E-state index in [1.807, 2.05) is 0 Å². The Balaban J connectivity index is 3.27. The van der Waals surface area contributed by atoms with Gasteiger partial charge >= 0.3 is 0 Å². The molecule has 0 radical (unpaired) electrons. The van der Waals surface area contributed by atoms with Crippen molar-refractivity contribution in [1.29, 1.82) is 0 Å². The molecular formula is C42H70O4. The molecule has 1 aromatic rings. The van der Waals surface area contributed by atoms with E-state index in [-0.39, 0.29) is 0 Å². The Bertz CT molecular complexity index is 816. The second-order valence-corrected chi connectivity index (χ2v) is 12.8. The maximum Gasteiger partial charge on any atom is 0.182 e. The van der Waals surface area contributed by atoms with Crippen LogP contribution in [0.25, 0.3) is 0 Å². The number of unbranched alkanes of at least 4 members (excludes halogenated alkanes) is 20. The molecule has 0 atom stereocenters. The Hall–Kier alpha value is -2.46. The molecule has 1 rings (SSSR count). The summed E-state index contributed by atoms with van der Waals surface area (Å²) in [5.41, 5.74) is 1.12. The van der Waals surface area contributed by atoms with E-state index in [9.17, 15) is 0 Å². The predicted octanol–water partition coefficient (Wildman–Crippen LogP) is 12.6. The summed E-state index contributed by atoms with van der Waals surface area (Å²) in [6.07, 6.45) is 40.8. The highest BCUT2D eigenvalue weighted by Crippen LogP contribution is 2.49. The van der Waals surface area contributed by atoms with Gasteiger partial charge in [-0.3, -0.25) is 0 Å². The first kappa shape index (κ1) is 41.6. The van der Waals surface area contributed by atoms with Crippen molar-refractivity contribution in [3.63, 3.8) is 0 Å². The number of ether oxygens (including phenoxy) is 4. The predicted molar refractivity (Wildman–Crippen MR) is 198 cm³/mol. The summed E-state index contributed by atoms with van der Waals surface area (Å²) in [6, 6.07) is 0. The summed E-state index contributed by atoms with van der Waals surface area (Å²) in [4.78, 5) is 0. The zero-order valence-corrected chi connectivity index (χ0v) is 30.6. The molecule has 0 heterocycles. The van der Waals surface area contributed by atoms with E-state index < -0.39 is 0 Å². The van der Waals surface area contributed by atoms with E-state index in [2.05, 4.69) is 39.5 Å². The average molecular weight is 639 g/mol. The van der Waals surface area contributed by atoms with Gasteiger partial charge in [0.1, 0.15) is 11.1 Å². The molecule has 0 bridgehead atoms. The Kier molecular flexibility index (Phi) is 27.0. The lowest BCUT2D eigenvalue weighted by atomic mass is 10.0. The smallest absolute Gasteiger partial charge is 0.182 e. The molecule has 262 valence electrons. The van der Waals surface area contributed by atoms with Gasteiger partial charge in [-0.15, -0.1) is 12.8 Å². The van der Waals surface area contributed by atoms with Crippen LogP contribution in [0.2, 0.25) is 0 Å². The number of terminal acetylenes is 2. The standard InChI is InChI=1S/C42H70O4/c1-7-13-17-21-25-29-33-43-39-37(11-5)41(45-35-31-27-23-19-15-9-3)42(46-36-32-28-24-20-16-10-4)38(12-6)40(39)44-34-30-26-22-18-14-8-2/h5-6H,7-10,13-36H2,1-4H3. The zero-order chi connectivity index (χ0) is 33.5. The van der Waals surface area contributed by atoms with Gasteiger partial charge in [0.05, 0.1) is 26.4 Å². The van der Waals surface area contributed by atoms with Gasteiger partial charge in [-0.2, -0.15) is 0 Å². The third kappa shape index (κ3) is 18.0. The minimum atomic E-state index is 0.542. The molecule has 0 N–H and O–H groups in total. The van der Waals surface area contributed by atoms with Crippen molar-refractivity contribution in [3.05, 3.63) is 11.1 Å². The third-order valence-corrected chi connectivity index (χ3v) is 8.59. The Morgan fingerprint density at radius 3 is 0.717 bits per heavy atom. The second-order valence-electron chi connectivity index (χ2n) is 12.8.